The molecule has 1 aliphatic rings. The summed E-state index contributed by atoms with van der Waals surface area (Å²) in [5.41, 5.74) is 8.95. The van der Waals surface area contributed by atoms with Crippen molar-refractivity contribution in [3.05, 3.63) is 21.4 Å². The summed E-state index contributed by atoms with van der Waals surface area (Å²) in [5.74, 6) is 0. The SMILES string of the molecule is Cc1scc2c1CCC(N)C2.Cl. The molecule has 0 radical (unpaired) electrons. The summed E-state index contributed by atoms with van der Waals surface area (Å²) < 4.78 is 0. The van der Waals surface area contributed by atoms with Gasteiger partial charge in [0.05, 0.1) is 0 Å². The summed E-state index contributed by atoms with van der Waals surface area (Å²) in [6.07, 6.45) is 3.47. The number of fused-ring (bicyclic) bond motifs is 1. The van der Waals surface area contributed by atoms with Crippen LogP contribution in [0.15, 0.2) is 5.38 Å². The summed E-state index contributed by atoms with van der Waals surface area (Å²) in [6, 6.07) is 0.413. The Morgan fingerprint density at radius 3 is 3.08 bits per heavy atom. The Morgan fingerprint density at radius 2 is 2.33 bits per heavy atom. The second kappa shape index (κ2) is 3.77. The molecule has 0 amide bonds. The Kier molecular flexibility index (Phi) is 3.16. The Morgan fingerprint density at radius 1 is 1.58 bits per heavy atom. The van der Waals surface area contributed by atoms with Gasteiger partial charge in [-0.15, -0.1) is 23.7 Å². The van der Waals surface area contributed by atoms with E-state index >= 15 is 0 Å². The van der Waals surface area contributed by atoms with Crippen LogP contribution in [0.25, 0.3) is 0 Å². The van der Waals surface area contributed by atoms with Crippen LogP contribution in [0.1, 0.15) is 22.4 Å². The molecular weight excluding hydrogens is 190 g/mol. The highest BCUT2D eigenvalue weighted by Gasteiger charge is 2.17. The lowest BCUT2D eigenvalue weighted by atomic mass is 9.91. The standard InChI is InChI=1S/C9H13NS.ClH/c1-6-9-3-2-8(10)4-7(9)5-11-6;/h5,8H,2-4,10H2,1H3;1H. The zero-order valence-corrected chi connectivity index (χ0v) is 8.80. The van der Waals surface area contributed by atoms with Gasteiger partial charge in [0.15, 0.2) is 0 Å². The lowest BCUT2D eigenvalue weighted by Crippen LogP contribution is -2.27. The first-order valence-electron chi connectivity index (χ1n) is 4.09. The zero-order valence-electron chi connectivity index (χ0n) is 7.17. The molecule has 1 aromatic rings. The molecule has 3 heteroatoms. The van der Waals surface area contributed by atoms with Crippen LogP contribution in [0.3, 0.4) is 0 Å². The van der Waals surface area contributed by atoms with Crippen molar-refractivity contribution in [3.63, 3.8) is 0 Å². The van der Waals surface area contributed by atoms with Crippen molar-refractivity contribution in [2.24, 2.45) is 5.73 Å². The quantitative estimate of drug-likeness (QED) is 0.688. The van der Waals surface area contributed by atoms with Gasteiger partial charge in [-0.3, -0.25) is 0 Å². The van der Waals surface area contributed by atoms with Crippen molar-refractivity contribution < 1.29 is 0 Å². The molecule has 1 atom stereocenters. The monoisotopic (exact) mass is 203 g/mol. The maximum atomic E-state index is 5.86. The molecule has 12 heavy (non-hydrogen) atoms. The van der Waals surface area contributed by atoms with E-state index in [9.17, 15) is 0 Å². The van der Waals surface area contributed by atoms with E-state index in [1.807, 2.05) is 11.3 Å². The summed E-state index contributed by atoms with van der Waals surface area (Å²) in [4.78, 5) is 1.49. The van der Waals surface area contributed by atoms with Crippen LogP contribution in [-0.4, -0.2) is 6.04 Å². The molecule has 0 bridgehead atoms. The molecule has 1 aliphatic carbocycles. The second-order valence-corrected chi connectivity index (χ2v) is 4.38. The van der Waals surface area contributed by atoms with E-state index in [1.165, 1.54) is 23.3 Å². The van der Waals surface area contributed by atoms with Gasteiger partial charge >= 0.3 is 0 Å². The van der Waals surface area contributed by atoms with Crippen molar-refractivity contribution in [2.75, 3.05) is 0 Å². The smallest absolute Gasteiger partial charge is 0.00828 e. The molecule has 1 aromatic heterocycles. The lowest BCUT2D eigenvalue weighted by molar-refractivity contribution is 0.578. The van der Waals surface area contributed by atoms with E-state index in [2.05, 4.69) is 12.3 Å². The predicted molar refractivity (Wildman–Crippen MR) is 56.3 cm³/mol. The first kappa shape index (κ1) is 10.0. The average molecular weight is 204 g/mol. The minimum Gasteiger partial charge on any atom is -0.327 e. The predicted octanol–water partition coefficient (Wildman–Crippen LogP) is 2.29. The van der Waals surface area contributed by atoms with Gasteiger partial charge in [-0.2, -0.15) is 0 Å². The van der Waals surface area contributed by atoms with Gasteiger partial charge in [-0.1, -0.05) is 0 Å². The van der Waals surface area contributed by atoms with Crippen molar-refractivity contribution in [1.82, 2.24) is 0 Å². The number of thiophene rings is 1. The molecular formula is C9H14ClNS. The normalized spacial score (nSPS) is 21.3. The fourth-order valence-electron chi connectivity index (χ4n) is 1.75. The first-order valence-corrected chi connectivity index (χ1v) is 4.97. The van der Waals surface area contributed by atoms with Crippen molar-refractivity contribution in [2.45, 2.75) is 32.2 Å². The third kappa shape index (κ3) is 1.65. The number of aryl methyl sites for hydroxylation is 1. The molecule has 0 aliphatic heterocycles. The molecule has 0 saturated heterocycles. The van der Waals surface area contributed by atoms with Crippen LogP contribution >= 0.6 is 23.7 Å². The minimum absolute atomic E-state index is 0. The Hall–Kier alpha value is -0.0500. The summed E-state index contributed by atoms with van der Waals surface area (Å²) in [6.45, 7) is 2.21. The summed E-state index contributed by atoms with van der Waals surface area (Å²) >= 11 is 1.87. The van der Waals surface area contributed by atoms with Gasteiger partial charge in [0.25, 0.3) is 0 Å². The van der Waals surface area contributed by atoms with Crippen molar-refractivity contribution >= 4 is 23.7 Å². The van der Waals surface area contributed by atoms with Gasteiger partial charge in [0.2, 0.25) is 0 Å². The van der Waals surface area contributed by atoms with Gasteiger partial charge < -0.3 is 5.73 Å². The molecule has 2 rings (SSSR count). The molecule has 0 aromatic carbocycles. The fourth-order valence-corrected chi connectivity index (χ4v) is 2.68. The highest BCUT2D eigenvalue weighted by molar-refractivity contribution is 7.10. The molecule has 0 fully saturated rings. The van der Waals surface area contributed by atoms with Crippen LogP contribution in [0.4, 0.5) is 0 Å². The van der Waals surface area contributed by atoms with E-state index < -0.39 is 0 Å². The highest BCUT2D eigenvalue weighted by atomic mass is 35.5. The van der Waals surface area contributed by atoms with E-state index in [-0.39, 0.29) is 12.4 Å². The Labute approximate surface area is 83.4 Å². The molecule has 0 saturated carbocycles. The summed E-state index contributed by atoms with van der Waals surface area (Å²) in [7, 11) is 0. The lowest BCUT2D eigenvalue weighted by Gasteiger charge is -2.18. The number of hydrogen-bond acceptors (Lipinski definition) is 2. The zero-order chi connectivity index (χ0) is 7.84. The third-order valence-electron chi connectivity index (χ3n) is 2.44. The molecule has 68 valence electrons. The Bertz CT molecular complexity index is 269. The van der Waals surface area contributed by atoms with Gasteiger partial charge in [0, 0.05) is 10.9 Å². The van der Waals surface area contributed by atoms with E-state index in [0.29, 0.717) is 6.04 Å². The molecule has 0 spiro atoms. The van der Waals surface area contributed by atoms with Crippen molar-refractivity contribution in [1.29, 1.82) is 0 Å². The molecule has 2 N–H and O–H groups in total. The topological polar surface area (TPSA) is 26.0 Å². The minimum atomic E-state index is 0. The molecule has 1 nitrogen and oxygen atoms in total. The van der Waals surface area contributed by atoms with Crippen LogP contribution in [0.2, 0.25) is 0 Å². The third-order valence-corrected chi connectivity index (χ3v) is 3.44. The van der Waals surface area contributed by atoms with Crippen molar-refractivity contribution in [3.8, 4) is 0 Å². The molecule has 1 unspecified atom stereocenters. The van der Waals surface area contributed by atoms with Crippen LogP contribution in [-0.2, 0) is 12.8 Å². The summed E-state index contributed by atoms with van der Waals surface area (Å²) in [5, 5.41) is 2.27. The largest absolute Gasteiger partial charge is 0.327 e. The Balaban J connectivity index is 0.000000720. The average Bonchev–Trinajstić information content (AvgIpc) is 2.32. The van der Waals surface area contributed by atoms with Crippen LogP contribution < -0.4 is 5.73 Å². The number of rotatable bonds is 0. The maximum absolute atomic E-state index is 5.86. The van der Waals surface area contributed by atoms with E-state index in [4.69, 9.17) is 5.73 Å². The van der Waals surface area contributed by atoms with Crippen LogP contribution in [0.5, 0.6) is 0 Å². The maximum Gasteiger partial charge on any atom is 0.00828 e. The fraction of sp³-hybridized carbons (Fsp3) is 0.556. The number of hydrogen-bond donors (Lipinski definition) is 1. The van der Waals surface area contributed by atoms with Gasteiger partial charge in [0.1, 0.15) is 0 Å². The van der Waals surface area contributed by atoms with Crippen LogP contribution in [0, 0.1) is 6.92 Å². The highest BCUT2D eigenvalue weighted by Crippen LogP contribution is 2.28. The second-order valence-electron chi connectivity index (χ2n) is 3.30. The number of nitrogens with two attached hydrogens (primary N) is 1. The first-order chi connectivity index (χ1) is 5.27. The molecule has 1 heterocycles. The van der Waals surface area contributed by atoms with E-state index in [1.54, 1.807) is 5.56 Å². The van der Waals surface area contributed by atoms with Gasteiger partial charge in [-0.05, 0) is 42.7 Å². The number of halogens is 1. The van der Waals surface area contributed by atoms with E-state index in [0.717, 1.165) is 6.42 Å². The van der Waals surface area contributed by atoms with Gasteiger partial charge in [-0.25, -0.2) is 0 Å².